The van der Waals surface area contributed by atoms with E-state index in [0.717, 1.165) is 50.4 Å². The van der Waals surface area contributed by atoms with Crippen molar-refractivity contribution in [2.45, 2.75) is 31.7 Å². The van der Waals surface area contributed by atoms with Gasteiger partial charge < -0.3 is 15.3 Å². The molecule has 1 aliphatic rings. The van der Waals surface area contributed by atoms with Gasteiger partial charge in [-0.25, -0.2) is 9.97 Å². The number of rotatable bonds is 7. The SMILES string of the molecule is Cn1cc(CCCNc2cc(N3CCC[C@@H]3CO)ncn2)cn1. The molecule has 2 N–H and O–H groups in total. The molecule has 1 aliphatic heterocycles. The normalized spacial score (nSPS) is 17.7. The second kappa shape index (κ2) is 7.41. The molecule has 7 heteroatoms. The standard InChI is InChI=1S/C16H24N6O/c1-21-10-13(9-20-21)4-2-6-17-15-8-16(19-12-18-15)22-7-3-5-14(22)11-23/h8-10,12,14,23H,2-7,11H2,1H3,(H,17,18,19)/t14-/m1/s1. The fourth-order valence-electron chi connectivity index (χ4n) is 3.04. The summed E-state index contributed by atoms with van der Waals surface area (Å²) >= 11 is 0. The van der Waals surface area contributed by atoms with Crippen molar-refractivity contribution in [3.63, 3.8) is 0 Å². The topological polar surface area (TPSA) is 79.1 Å². The van der Waals surface area contributed by atoms with Crippen LogP contribution in [0.25, 0.3) is 0 Å². The van der Waals surface area contributed by atoms with Crippen LogP contribution in [0.1, 0.15) is 24.8 Å². The molecule has 2 aromatic rings. The van der Waals surface area contributed by atoms with Crippen LogP contribution in [0.4, 0.5) is 11.6 Å². The Kier molecular flexibility index (Phi) is 5.07. The number of nitrogens with one attached hydrogen (secondary N) is 1. The molecule has 0 radical (unpaired) electrons. The summed E-state index contributed by atoms with van der Waals surface area (Å²) in [5, 5.41) is 17.0. The Morgan fingerprint density at radius 1 is 1.39 bits per heavy atom. The van der Waals surface area contributed by atoms with E-state index in [1.54, 1.807) is 6.33 Å². The molecule has 0 amide bonds. The fraction of sp³-hybridized carbons (Fsp3) is 0.562. The van der Waals surface area contributed by atoms with Crippen LogP contribution in [-0.2, 0) is 13.5 Å². The first-order valence-corrected chi connectivity index (χ1v) is 8.17. The van der Waals surface area contributed by atoms with Crippen molar-refractivity contribution in [1.29, 1.82) is 0 Å². The van der Waals surface area contributed by atoms with Gasteiger partial charge in [0.1, 0.15) is 18.0 Å². The van der Waals surface area contributed by atoms with E-state index >= 15 is 0 Å². The van der Waals surface area contributed by atoms with Crippen LogP contribution >= 0.6 is 0 Å². The number of aromatic nitrogens is 4. The van der Waals surface area contributed by atoms with Crippen LogP contribution in [0.2, 0.25) is 0 Å². The highest BCUT2D eigenvalue weighted by Gasteiger charge is 2.25. The zero-order chi connectivity index (χ0) is 16.1. The van der Waals surface area contributed by atoms with Gasteiger partial charge in [0, 0.05) is 32.4 Å². The molecule has 3 rings (SSSR count). The van der Waals surface area contributed by atoms with E-state index in [1.807, 2.05) is 30.2 Å². The molecule has 0 aromatic carbocycles. The second-order valence-electron chi connectivity index (χ2n) is 5.99. The van der Waals surface area contributed by atoms with Gasteiger partial charge in [-0.05, 0) is 31.2 Å². The van der Waals surface area contributed by atoms with Crippen LogP contribution in [-0.4, -0.2) is 50.6 Å². The van der Waals surface area contributed by atoms with Crippen molar-refractivity contribution in [3.05, 3.63) is 30.4 Å². The lowest BCUT2D eigenvalue weighted by atomic mass is 10.2. The van der Waals surface area contributed by atoms with Crippen molar-refractivity contribution >= 4 is 11.6 Å². The molecule has 7 nitrogen and oxygen atoms in total. The lowest BCUT2D eigenvalue weighted by Crippen LogP contribution is -2.32. The summed E-state index contributed by atoms with van der Waals surface area (Å²) in [5.41, 5.74) is 1.25. The Labute approximate surface area is 136 Å². The largest absolute Gasteiger partial charge is 0.394 e. The molecule has 0 bridgehead atoms. The number of aryl methyl sites for hydroxylation is 2. The summed E-state index contributed by atoms with van der Waals surface area (Å²) in [6.07, 6.45) is 9.69. The summed E-state index contributed by atoms with van der Waals surface area (Å²) < 4.78 is 1.83. The van der Waals surface area contributed by atoms with Crippen LogP contribution < -0.4 is 10.2 Å². The highest BCUT2D eigenvalue weighted by molar-refractivity contribution is 5.49. The Bertz CT molecular complexity index is 629. The summed E-state index contributed by atoms with van der Waals surface area (Å²) in [7, 11) is 1.93. The molecule has 0 saturated carbocycles. The quantitative estimate of drug-likeness (QED) is 0.748. The monoisotopic (exact) mass is 316 g/mol. The highest BCUT2D eigenvalue weighted by Crippen LogP contribution is 2.24. The van der Waals surface area contributed by atoms with Gasteiger partial charge in [-0.2, -0.15) is 5.10 Å². The Balaban J connectivity index is 1.51. The Morgan fingerprint density at radius 2 is 2.30 bits per heavy atom. The van der Waals surface area contributed by atoms with E-state index in [0.29, 0.717) is 0 Å². The van der Waals surface area contributed by atoms with Gasteiger partial charge >= 0.3 is 0 Å². The summed E-state index contributed by atoms with van der Waals surface area (Å²) in [6, 6.07) is 2.15. The summed E-state index contributed by atoms with van der Waals surface area (Å²) in [4.78, 5) is 10.8. The number of anilines is 2. The molecule has 1 fully saturated rings. The van der Waals surface area contributed by atoms with E-state index < -0.39 is 0 Å². The van der Waals surface area contributed by atoms with Gasteiger partial charge in [0.2, 0.25) is 0 Å². The van der Waals surface area contributed by atoms with Gasteiger partial charge in [0.25, 0.3) is 0 Å². The molecule has 0 unspecified atom stereocenters. The first-order valence-electron chi connectivity index (χ1n) is 8.17. The molecule has 0 aliphatic carbocycles. The minimum atomic E-state index is 0.178. The summed E-state index contributed by atoms with van der Waals surface area (Å²) in [5.74, 6) is 1.73. The number of nitrogens with zero attached hydrogens (tertiary/aromatic N) is 5. The highest BCUT2D eigenvalue weighted by atomic mass is 16.3. The molecule has 23 heavy (non-hydrogen) atoms. The van der Waals surface area contributed by atoms with Crippen LogP contribution in [0.15, 0.2) is 24.8 Å². The van der Waals surface area contributed by atoms with Crippen molar-refractivity contribution in [2.75, 3.05) is 29.9 Å². The number of hydrogen-bond acceptors (Lipinski definition) is 6. The van der Waals surface area contributed by atoms with Crippen LogP contribution in [0.3, 0.4) is 0 Å². The van der Waals surface area contributed by atoms with Gasteiger partial charge in [0.15, 0.2) is 0 Å². The maximum Gasteiger partial charge on any atom is 0.134 e. The fourth-order valence-corrected chi connectivity index (χ4v) is 3.04. The lowest BCUT2D eigenvalue weighted by molar-refractivity contribution is 0.266. The Morgan fingerprint density at radius 3 is 3.09 bits per heavy atom. The molecular weight excluding hydrogens is 292 g/mol. The predicted molar refractivity (Wildman–Crippen MR) is 89.5 cm³/mol. The minimum absolute atomic E-state index is 0.178. The molecule has 0 spiro atoms. The van der Waals surface area contributed by atoms with Crippen molar-refractivity contribution in [2.24, 2.45) is 7.05 Å². The van der Waals surface area contributed by atoms with Gasteiger partial charge in [0.05, 0.1) is 18.8 Å². The predicted octanol–water partition coefficient (Wildman–Crippen LogP) is 1.22. The third kappa shape index (κ3) is 3.98. The van der Waals surface area contributed by atoms with Crippen molar-refractivity contribution in [1.82, 2.24) is 19.7 Å². The second-order valence-corrected chi connectivity index (χ2v) is 5.99. The molecule has 1 atom stereocenters. The molecule has 1 saturated heterocycles. The van der Waals surface area contributed by atoms with Crippen molar-refractivity contribution in [3.8, 4) is 0 Å². The summed E-state index contributed by atoms with van der Waals surface area (Å²) in [6.45, 7) is 1.98. The van der Waals surface area contributed by atoms with Crippen LogP contribution in [0, 0.1) is 0 Å². The van der Waals surface area contributed by atoms with Gasteiger partial charge in [-0.3, -0.25) is 4.68 Å². The first-order chi connectivity index (χ1) is 11.3. The van der Waals surface area contributed by atoms with Crippen LogP contribution in [0.5, 0.6) is 0 Å². The van der Waals surface area contributed by atoms with E-state index in [-0.39, 0.29) is 12.6 Å². The maximum atomic E-state index is 9.44. The molecule has 2 aromatic heterocycles. The number of aliphatic hydroxyl groups is 1. The number of hydrogen-bond donors (Lipinski definition) is 2. The minimum Gasteiger partial charge on any atom is -0.394 e. The average molecular weight is 316 g/mol. The van der Waals surface area contributed by atoms with Gasteiger partial charge in [-0.1, -0.05) is 0 Å². The van der Waals surface area contributed by atoms with E-state index in [9.17, 15) is 5.11 Å². The number of aliphatic hydroxyl groups excluding tert-OH is 1. The Hall–Kier alpha value is -2.15. The zero-order valence-electron chi connectivity index (χ0n) is 13.5. The maximum absolute atomic E-state index is 9.44. The molecular formula is C16H24N6O. The van der Waals surface area contributed by atoms with E-state index in [2.05, 4.69) is 25.3 Å². The van der Waals surface area contributed by atoms with E-state index in [1.165, 1.54) is 5.56 Å². The first kappa shape index (κ1) is 15.7. The van der Waals surface area contributed by atoms with E-state index in [4.69, 9.17) is 0 Å². The smallest absolute Gasteiger partial charge is 0.134 e. The zero-order valence-corrected chi connectivity index (χ0v) is 13.5. The lowest BCUT2D eigenvalue weighted by Gasteiger charge is -2.24. The third-order valence-electron chi connectivity index (χ3n) is 4.24. The van der Waals surface area contributed by atoms with Crippen molar-refractivity contribution < 1.29 is 5.11 Å². The van der Waals surface area contributed by atoms with Gasteiger partial charge in [-0.15, -0.1) is 0 Å². The average Bonchev–Trinajstić information content (AvgIpc) is 3.20. The molecule has 124 valence electrons. The molecule has 3 heterocycles. The third-order valence-corrected chi connectivity index (χ3v) is 4.24.